The number of hydrogen-bond donors (Lipinski definition) is 1. The average Bonchev–Trinajstić information content (AvgIpc) is 2.30. The monoisotopic (exact) mass is 255 g/mol. The summed E-state index contributed by atoms with van der Waals surface area (Å²) in [6, 6.07) is 3.09. The normalized spacial score (nSPS) is 12.6. The summed E-state index contributed by atoms with van der Waals surface area (Å²) < 4.78 is 24.7. The van der Waals surface area contributed by atoms with Crippen LogP contribution in [0.3, 0.4) is 0 Å². The van der Waals surface area contributed by atoms with Crippen molar-refractivity contribution in [3.8, 4) is 11.5 Å². The molecule has 4 heteroatoms. The van der Waals surface area contributed by atoms with Crippen molar-refractivity contribution in [2.45, 2.75) is 39.2 Å². The van der Waals surface area contributed by atoms with Crippen molar-refractivity contribution in [1.82, 2.24) is 0 Å². The molecule has 0 saturated heterocycles. The van der Waals surface area contributed by atoms with Gasteiger partial charge in [0.25, 0.3) is 0 Å². The van der Waals surface area contributed by atoms with Crippen molar-refractivity contribution >= 4 is 0 Å². The van der Waals surface area contributed by atoms with Crippen molar-refractivity contribution in [1.29, 1.82) is 0 Å². The Morgan fingerprint density at radius 3 is 2.39 bits per heavy atom. The van der Waals surface area contributed by atoms with Crippen molar-refractivity contribution in [3.63, 3.8) is 0 Å². The van der Waals surface area contributed by atoms with Gasteiger partial charge in [0.1, 0.15) is 5.82 Å². The molecule has 0 aliphatic carbocycles. The number of nitrogens with two attached hydrogens (primary N) is 1. The Bertz CT molecular complexity index is 394. The van der Waals surface area contributed by atoms with E-state index in [-0.39, 0.29) is 17.8 Å². The molecule has 0 bridgehead atoms. The molecule has 1 aromatic carbocycles. The van der Waals surface area contributed by atoms with E-state index in [1.165, 1.54) is 13.2 Å². The number of methoxy groups -OCH3 is 1. The van der Waals surface area contributed by atoms with Crippen LogP contribution in [0.15, 0.2) is 12.1 Å². The fourth-order valence-corrected chi connectivity index (χ4v) is 1.84. The first-order valence-electron chi connectivity index (χ1n) is 6.23. The first kappa shape index (κ1) is 14.8. The van der Waals surface area contributed by atoms with Gasteiger partial charge in [-0.25, -0.2) is 4.39 Å². The summed E-state index contributed by atoms with van der Waals surface area (Å²) in [5.41, 5.74) is 6.14. The van der Waals surface area contributed by atoms with Gasteiger partial charge in [-0.1, -0.05) is 6.92 Å². The average molecular weight is 255 g/mol. The molecule has 0 saturated carbocycles. The summed E-state index contributed by atoms with van der Waals surface area (Å²) in [5, 5.41) is 0. The second-order valence-corrected chi connectivity index (χ2v) is 4.67. The predicted molar refractivity (Wildman–Crippen MR) is 70.8 cm³/mol. The Labute approximate surface area is 108 Å². The molecule has 102 valence electrons. The van der Waals surface area contributed by atoms with E-state index >= 15 is 0 Å². The van der Waals surface area contributed by atoms with Gasteiger partial charge >= 0.3 is 0 Å². The van der Waals surface area contributed by atoms with Crippen LogP contribution in [0.2, 0.25) is 0 Å². The maximum Gasteiger partial charge on any atom is 0.163 e. The van der Waals surface area contributed by atoms with Crippen molar-refractivity contribution in [3.05, 3.63) is 23.5 Å². The smallest absolute Gasteiger partial charge is 0.163 e. The van der Waals surface area contributed by atoms with E-state index in [2.05, 4.69) is 0 Å². The van der Waals surface area contributed by atoms with Gasteiger partial charge in [0, 0.05) is 6.07 Å². The van der Waals surface area contributed by atoms with Gasteiger partial charge in [0.2, 0.25) is 0 Å². The van der Waals surface area contributed by atoms with Crippen LogP contribution in [0.1, 0.15) is 38.7 Å². The minimum Gasteiger partial charge on any atom is -0.493 e. The molecule has 0 radical (unpaired) electrons. The fraction of sp³-hybridized carbons (Fsp3) is 0.571. The Morgan fingerprint density at radius 2 is 1.89 bits per heavy atom. The van der Waals surface area contributed by atoms with Crippen LogP contribution in [-0.4, -0.2) is 19.8 Å². The lowest BCUT2D eigenvalue weighted by Gasteiger charge is -2.18. The molecule has 3 nitrogen and oxygen atoms in total. The number of halogens is 1. The number of rotatable bonds is 6. The molecule has 1 atom stereocenters. The van der Waals surface area contributed by atoms with Gasteiger partial charge in [0.15, 0.2) is 11.5 Å². The molecule has 1 rings (SSSR count). The minimum atomic E-state index is -0.274. The summed E-state index contributed by atoms with van der Waals surface area (Å²) in [6.07, 6.45) is 0.756. The lowest BCUT2D eigenvalue weighted by molar-refractivity contribution is 0.229. The second kappa shape index (κ2) is 6.59. The number of ether oxygens (including phenoxy) is 2. The highest BCUT2D eigenvalue weighted by atomic mass is 19.1. The molecule has 18 heavy (non-hydrogen) atoms. The highest BCUT2D eigenvalue weighted by molar-refractivity contribution is 5.45. The summed E-state index contributed by atoms with van der Waals surface area (Å²) in [4.78, 5) is 0. The highest BCUT2D eigenvalue weighted by Gasteiger charge is 2.16. The maximum atomic E-state index is 14.0. The van der Waals surface area contributed by atoms with Crippen molar-refractivity contribution in [2.75, 3.05) is 13.7 Å². The zero-order chi connectivity index (χ0) is 13.7. The van der Waals surface area contributed by atoms with Gasteiger partial charge in [-0.2, -0.15) is 0 Å². The summed E-state index contributed by atoms with van der Waals surface area (Å²) in [6.45, 7) is 6.33. The quantitative estimate of drug-likeness (QED) is 0.849. The molecule has 0 amide bonds. The summed E-state index contributed by atoms with van der Waals surface area (Å²) in [5.74, 6) is 0.789. The molecule has 0 aliphatic heterocycles. The van der Waals surface area contributed by atoms with Crippen LogP contribution in [0.5, 0.6) is 11.5 Å². The zero-order valence-electron chi connectivity index (χ0n) is 11.5. The van der Waals surface area contributed by atoms with Gasteiger partial charge in [0.05, 0.1) is 13.2 Å². The first-order chi connectivity index (χ1) is 8.49. The number of hydrogen-bond acceptors (Lipinski definition) is 3. The molecule has 1 aromatic rings. The fourth-order valence-electron chi connectivity index (χ4n) is 1.84. The molecule has 2 N–H and O–H groups in total. The van der Waals surface area contributed by atoms with Crippen LogP contribution >= 0.6 is 0 Å². The second-order valence-electron chi connectivity index (χ2n) is 4.67. The van der Waals surface area contributed by atoms with E-state index in [4.69, 9.17) is 15.2 Å². The van der Waals surface area contributed by atoms with E-state index in [0.29, 0.717) is 23.6 Å². The van der Waals surface area contributed by atoms with E-state index in [1.54, 1.807) is 6.07 Å². The van der Waals surface area contributed by atoms with Crippen molar-refractivity contribution in [2.24, 2.45) is 5.73 Å². The van der Waals surface area contributed by atoms with E-state index in [1.807, 2.05) is 20.8 Å². The Balaban J connectivity index is 3.12. The molecule has 0 fully saturated rings. The molecular formula is C14H22FNO2. The SMILES string of the molecule is COc1cc(F)c(C(C)CCN)cc1OC(C)C. The lowest BCUT2D eigenvalue weighted by atomic mass is 9.97. The molecule has 1 unspecified atom stereocenters. The van der Waals surface area contributed by atoms with Gasteiger partial charge in [-0.3, -0.25) is 0 Å². The van der Waals surface area contributed by atoms with E-state index < -0.39 is 0 Å². The van der Waals surface area contributed by atoms with Gasteiger partial charge < -0.3 is 15.2 Å². The predicted octanol–water partition coefficient (Wildman–Crippen LogP) is 3.07. The topological polar surface area (TPSA) is 44.5 Å². The minimum absolute atomic E-state index is 0.0158. The van der Waals surface area contributed by atoms with Crippen LogP contribution < -0.4 is 15.2 Å². The van der Waals surface area contributed by atoms with Crippen LogP contribution in [0, 0.1) is 5.82 Å². The third-order valence-electron chi connectivity index (χ3n) is 2.78. The lowest BCUT2D eigenvalue weighted by Crippen LogP contribution is -2.10. The number of benzene rings is 1. The molecule has 0 aliphatic rings. The Morgan fingerprint density at radius 1 is 1.22 bits per heavy atom. The molecule has 0 heterocycles. The van der Waals surface area contributed by atoms with E-state index in [0.717, 1.165) is 6.42 Å². The maximum absolute atomic E-state index is 14.0. The highest BCUT2D eigenvalue weighted by Crippen LogP contribution is 2.34. The van der Waals surface area contributed by atoms with Crippen LogP contribution in [-0.2, 0) is 0 Å². The molecule has 0 aromatic heterocycles. The largest absolute Gasteiger partial charge is 0.493 e. The van der Waals surface area contributed by atoms with Crippen LogP contribution in [0.4, 0.5) is 4.39 Å². The third kappa shape index (κ3) is 3.60. The zero-order valence-corrected chi connectivity index (χ0v) is 11.5. The molecule has 0 spiro atoms. The van der Waals surface area contributed by atoms with E-state index in [9.17, 15) is 4.39 Å². The first-order valence-corrected chi connectivity index (χ1v) is 6.23. The van der Waals surface area contributed by atoms with Crippen molar-refractivity contribution < 1.29 is 13.9 Å². The Kier molecular flexibility index (Phi) is 5.41. The van der Waals surface area contributed by atoms with Gasteiger partial charge in [-0.05, 0) is 44.4 Å². The van der Waals surface area contributed by atoms with Gasteiger partial charge in [-0.15, -0.1) is 0 Å². The molecular weight excluding hydrogens is 233 g/mol. The summed E-state index contributed by atoms with van der Waals surface area (Å²) in [7, 11) is 1.50. The standard InChI is InChI=1S/C14H22FNO2/c1-9(2)18-14-7-11(10(3)5-6-16)12(15)8-13(14)17-4/h7-10H,5-6,16H2,1-4H3. The summed E-state index contributed by atoms with van der Waals surface area (Å²) >= 11 is 0. The Hall–Kier alpha value is -1.29. The van der Waals surface area contributed by atoms with Crippen LogP contribution in [0.25, 0.3) is 0 Å². The third-order valence-corrected chi connectivity index (χ3v) is 2.78.